The van der Waals surface area contributed by atoms with Gasteiger partial charge in [-0.15, -0.1) is 0 Å². The van der Waals surface area contributed by atoms with Crippen LogP contribution in [0.1, 0.15) is 39.1 Å². The predicted molar refractivity (Wildman–Crippen MR) is 119 cm³/mol. The van der Waals surface area contributed by atoms with E-state index >= 15 is 0 Å². The summed E-state index contributed by atoms with van der Waals surface area (Å²) < 4.78 is 0. The molecule has 0 aromatic heterocycles. The van der Waals surface area contributed by atoms with E-state index in [9.17, 15) is 9.59 Å². The van der Waals surface area contributed by atoms with Crippen LogP contribution in [0.15, 0.2) is 76.5 Å². The van der Waals surface area contributed by atoms with Crippen molar-refractivity contribution in [2.45, 2.75) is 35.2 Å². The van der Waals surface area contributed by atoms with Gasteiger partial charge in [-0.1, -0.05) is 47.6 Å². The number of rotatable bonds is 4. The van der Waals surface area contributed by atoms with Gasteiger partial charge in [0.05, 0.1) is 17.8 Å². The van der Waals surface area contributed by atoms with E-state index in [1.807, 2.05) is 66.7 Å². The van der Waals surface area contributed by atoms with Gasteiger partial charge >= 0.3 is 0 Å². The molecule has 150 valence electrons. The molecule has 0 radical (unpaired) electrons. The molecule has 4 nitrogen and oxygen atoms in total. The van der Waals surface area contributed by atoms with Crippen molar-refractivity contribution in [1.82, 2.24) is 5.32 Å². The summed E-state index contributed by atoms with van der Waals surface area (Å²) in [5.74, 6) is -0.169. The average Bonchev–Trinajstić information content (AvgIpc) is 3.58. The molecule has 6 heteroatoms. The standard InChI is InChI=1S/C24H19ClN2O2S/c25-17-8-5-15(6-9-17)14-27-20-13-16(23(28)26-18-10-11-18)7-12-22(20)30-21-4-2-1-3-19(21)24(27)29/h1-9,12-13,18H,10-11,14H2,(H,26,28). The van der Waals surface area contributed by atoms with Gasteiger partial charge in [-0.2, -0.15) is 0 Å². The van der Waals surface area contributed by atoms with Crippen molar-refractivity contribution < 1.29 is 9.59 Å². The van der Waals surface area contributed by atoms with E-state index in [2.05, 4.69) is 5.32 Å². The summed E-state index contributed by atoms with van der Waals surface area (Å²) in [6.07, 6.45) is 2.06. The lowest BCUT2D eigenvalue weighted by molar-refractivity contribution is 0.0947. The second-order valence-corrected chi connectivity index (χ2v) is 9.07. The highest BCUT2D eigenvalue weighted by atomic mass is 35.5. The zero-order valence-corrected chi connectivity index (χ0v) is 17.7. The monoisotopic (exact) mass is 434 g/mol. The summed E-state index contributed by atoms with van der Waals surface area (Å²) in [5.41, 5.74) is 2.95. The fraction of sp³-hybridized carbons (Fsp3) is 0.167. The molecule has 0 unspecified atom stereocenters. The first-order valence-corrected chi connectivity index (χ1v) is 11.1. The van der Waals surface area contributed by atoms with E-state index in [-0.39, 0.29) is 17.9 Å². The summed E-state index contributed by atoms with van der Waals surface area (Å²) >= 11 is 7.59. The molecule has 1 saturated carbocycles. The third-order valence-corrected chi connectivity index (χ3v) is 6.65. The van der Waals surface area contributed by atoms with Crippen LogP contribution in [0, 0.1) is 0 Å². The zero-order valence-electron chi connectivity index (χ0n) is 16.1. The molecule has 3 aromatic rings. The number of nitrogens with zero attached hydrogens (tertiary/aromatic N) is 1. The van der Waals surface area contributed by atoms with Gasteiger partial charge in [-0.3, -0.25) is 9.59 Å². The Balaban J connectivity index is 1.58. The molecule has 2 amide bonds. The molecule has 0 saturated heterocycles. The Kier molecular flexibility index (Phi) is 5.01. The molecule has 0 spiro atoms. The quantitative estimate of drug-likeness (QED) is 0.586. The van der Waals surface area contributed by atoms with E-state index in [0.717, 1.165) is 33.9 Å². The van der Waals surface area contributed by atoms with Gasteiger partial charge < -0.3 is 10.2 Å². The number of amides is 2. The smallest absolute Gasteiger partial charge is 0.259 e. The van der Waals surface area contributed by atoms with Gasteiger partial charge in [0.25, 0.3) is 11.8 Å². The Morgan fingerprint density at radius 2 is 1.80 bits per heavy atom. The van der Waals surface area contributed by atoms with Gasteiger partial charge in [0.15, 0.2) is 0 Å². The summed E-state index contributed by atoms with van der Waals surface area (Å²) in [6, 6.07) is 21.0. The molecule has 2 aliphatic rings. The Morgan fingerprint density at radius 3 is 2.57 bits per heavy atom. The second-order valence-electron chi connectivity index (χ2n) is 7.55. The average molecular weight is 435 g/mol. The van der Waals surface area contributed by atoms with Crippen LogP contribution < -0.4 is 10.2 Å². The third kappa shape index (κ3) is 3.83. The molecule has 0 bridgehead atoms. The van der Waals surface area contributed by atoms with Crippen LogP contribution in [0.4, 0.5) is 5.69 Å². The second kappa shape index (κ2) is 7.82. The minimum Gasteiger partial charge on any atom is -0.349 e. The van der Waals surface area contributed by atoms with Crippen LogP contribution in [-0.2, 0) is 6.54 Å². The Morgan fingerprint density at radius 1 is 1.03 bits per heavy atom. The Labute approximate surface area is 184 Å². The Bertz CT molecular complexity index is 1140. The number of carbonyl (C=O) groups excluding carboxylic acids is 2. The van der Waals surface area contributed by atoms with Crippen molar-refractivity contribution in [2.75, 3.05) is 4.90 Å². The van der Waals surface area contributed by atoms with E-state index < -0.39 is 0 Å². The number of carbonyl (C=O) groups is 2. The highest BCUT2D eigenvalue weighted by Crippen LogP contribution is 2.42. The van der Waals surface area contributed by atoms with Crippen molar-refractivity contribution in [3.8, 4) is 0 Å². The number of anilines is 1. The maximum absolute atomic E-state index is 13.5. The van der Waals surface area contributed by atoms with Gasteiger partial charge in [-0.05, 0) is 60.9 Å². The number of halogens is 1. The van der Waals surface area contributed by atoms with Gasteiger partial charge in [-0.25, -0.2) is 0 Å². The molecule has 1 heterocycles. The largest absolute Gasteiger partial charge is 0.349 e. The third-order valence-electron chi connectivity index (χ3n) is 5.26. The van der Waals surface area contributed by atoms with Crippen LogP contribution in [0.2, 0.25) is 5.02 Å². The lowest BCUT2D eigenvalue weighted by atomic mass is 10.1. The van der Waals surface area contributed by atoms with Crippen molar-refractivity contribution in [2.24, 2.45) is 0 Å². The summed E-state index contributed by atoms with van der Waals surface area (Å²) in [5, 5.41) is 3.68. The summed E-state index contributed by atoms with van der Waals surface area (Å²) in [7, 11) is 0. The molecule has 0 atom stereocenters. The predicted octanol–water partition coefficient (Wildman–Crippen LogP) is 5.54. The highest BCUT2D eigenvalue weighted by molar-refractivity contribution is 7.99. The molecule has 1 N–H and O–H groups in total. The number of hydrogen-bond donors (Lipinski definition) is 1. The first-order valence-electron chi connectivity index (χ1n) is 9.86. The maximum Gasteiger partial charge on any atom is 0.259 e. The number of fused-ring (bicyclic) bond motifs is 2. The molecule has 30 heavy (non-hydrogen) atoms. The van der Waals surface area contributed by atoms with Crippen molar-refractivity contribution in [1.29, 1.82) is 0 Å². The van der Waals surface area contributed by atoms with Crippen LogP contribution in [0.5, 0.6) is 0 Å². The molecular formula is C24H19ClN2O2S. The first kappa shape index (κ1) is 19.2. The van der Waals surface area contributed by atoms with E-state index in [0.29, 0.717) is 22.7 Å². The highest BCUT2D eigenvalue weighted by Gasteiger charge is 2.29. The molecule has 1 aliphatic carbocycles. The molecular weight excluding hydrogens is 416 g/mol. The lowest BCUT2D eigenvalue weighted by Crippen LogP contribution is -2.31. The fourth-order valence-electron chi connectivity index (χ4n) is 3.49. The van der Waals surface area contributed by atoms with E-state index in [1.165, 1.54) is 0 Å². The molecule has 3 aromatic carbocycles. The summed E-state index contributed by atoms with van der Waals surface area (Å²) in [4.78, 5) is 29.8. The minimum atomic E-state index is -0.0917. The molecule has 1 fully saturated rings. The lowest BCUT2D eigenvalue weighted by Gasteiger charge is -2.24. The SMILES string of the molecule is O=C(NC1CC1)c1ccc2c(c1)N(Cc1ccc(Cl)cc1)C(=O)c1ccccc1S2. The van der Waals surface area contributed by atoms with Crippen molar-refractivity contribution in [3.63, 3.8) is 0 Å². The minimum absolute atomic E-state index is 0.0773. The van der Waals surface area contributed by atoms with Crippen LogP contribution >= 0.6 is 23.4 Å². The fourth-order valence-corrected chi connectivity index (χ4v) is 4.67. The maximum atomic E-state index is 13.5. The molecule has 1 aliphatic heterocycles. The number of hydrogen-bond acceptors (Lipinski definition) is 3. The van der Waals surface area contributed by atoms with Crippen LogP contribution in [0.25, 0.3) is 0 Å². The van der Waals surface area contributed by atoms with E-state index in [4.69, 9.17) is 11.6 Å². The van der Waals surface area contributed by atoms with Gasteiger partial charge in [0.2, 0.25) is 0 Å². The number of nitrogens with one attached hydrogen (secondary N) is 1. The molecule has 5 rings (SSSR count). The van der Waals surface area contributed by atoms with Gasteiger partial charge in [0, 0.05) is 26.4 Å². The number of benzene rings is 3. The van der Waals surface area contributed by atoms with Crippen LogP contribution in [-0.4, -0.2) is 17.9 Å². The zero-order chi connectivity index (χ0) is 20.7. The van der Waals surface area contributed by atoms with Crippen molar-refractivity contribution >= 4 is 40.9 Å². The topological polar surface area (TPSA) is 49.4 Å². The normalized spacial score (nSPS) is 15.2. The van der Waals surface area contributed by atoms with E-state index in [1.54, 1.807) is 16.7 Å². The Hall–Kier alpha value is -2.76. The summed E-state index contributed by atoms with van der Waals surface area (Å²) in [6.45, 7) is 0.394. The van der Waals surface area contributed by atoms with Crippen LogP contribution in [0.3, 0.4) is 0 Å². The van der Waals surface area contributed by atoms with Gasteiger partial charge in [0.1, 0.15) is 0 Å². The van der Waals surface area contributed by atoms with Crippen molar-refractivity contribution in [3.05, 3.63) is 88.4 Å². The first-order chi connectivity index (χ1) is 14.6.